The first-order valence-electron chi connectivity index (χ1n) is 22.9. The Hall–Kier alpha value is -0.730. The monoisotopic (exact) mass is 741 g/mol. The van der Waals surface area contributed by atoms with Gasteiger partial charge in [-0.3, -0.25) is 9.69 Å². The van der Waals surface area contributed by atoms with E-state index >= 15 is 0 Å². The largest absolute Gasteiger partial charge is 0.465 e. The van der Waals surface area contributed by atoms with Gasteiger partial charge in [-0.05, 0) is 71.4 Å². The zero-order chi connectivity index (χ0) is 38.5. The van der Waals surface area contributed by atoms with Crippen LogP contribution in [0.25, 0.3) is 0 Å². The number of aliphatic hydroxyl groups excluding tert-OH is 1. The number of hydrogen-bond acceptors (Lipinski definition) is 7. The van der Waals surface area contributed by atoms with Crippen molar-refractivity contribution in [2.75, 3.05) is 45.9 Å². The fraction of sp³-hybridized carbons (Fsp3) is 0.978. The molecule has 0 radical (unpaired) electrons. The Morgan fingerprint density at radius 1 is 0.577 bits per heavy atom. The molecule has 2 unspecified atom stereocenters. The van der Waals surface area contributed by atoms with E-state index in [1.165, 1.54) is 109 Å². The first-order chi connectivity index (χ1) is 25.3. The molecule has 2 atom stereocenters. The molecule has 52 heavy (non-hydrogen) atoms. The molecule has 0 bridgehead atoms. The van der Waals surface area contributed by atoms with E-state index in [4.69, 9.17) is 14.2 Å². The molecule has 0 aliphatic rings. The van der Waals surface area contributed by atoms with E-state index in [2.05, 4.69) is 58.3 Å². The molecule has 312 valence electrons. The van der Waals surface area contributed by atoms with Crippen LogP contribution >= 0.6 is 0 Å². The van der Waals surface area contributed by atoms with E-state index in [9.17, 15) is 9.90 Å². The topological polar surface area (TPSA) is 71.5 Å². The molecule has 0 aromatic heterocycles. The number of carbonyl (C=O) groups is 1. The number of likely N-dealkylation sites (N-methyl/N-ethyl adjacent to an activating group) is 1. The molecule has 1 N–H and O–H groups in total. The molecular formula is C45H92N2O5. The number of esters is 1. The van der Waals surface area contributed by atoms with Crippen molar-refractivity contribution in [2.24, 2.45) is 5.92 Å². The lowest BCUT2D eigenvalue weighted by atomic mass is 9.95. The van der Waals surface area contributed by atoms with Crippen molar-refractivity contribution < 1.29 is 24.1 Å². The third-order valence-corrected chi connectivity index (χ3v) is 10.8. The molecule has 0 heterocycles. The second-order valence-corrected chi connectivity index (χ2v) is 16.0. The van der Waals surface area contributed by atoms with Crippen LogP contribution in [0.15, 0.2) is 0 Å². The van der Waals surface area contributed by atoms with Crippen molar-refractivity contribution in [3.05, 3.63) is 0 Å². The summed E-state index contributed by atoms with van der Waals surface area (Å²) in [6.07, 6.45) is 30.6. The Morgan fingerprint density at radius 2 is 1.08 bits per heavy atom. The van der Waals surface area contributed by atoms with E-state index in [-0.39, 0.29) is 12.1 Å². The molecule has 0 saturated heterocycles. The fourth-order valence-corrected chi connectivity index (χ4v) is 7.21. The minimum absolute atomic E-state index is 0.00201. The van der Waals surface area contributed by atoms with E-state index in [1.54, 1.807) is 0 Å². The summed E-state index contributed by atoms with van der Waals surface area (Å²) in [6, 6.07) is 0.435. The van der Waals surface area contributed by atoms with Crippen molar-refractivity contribution in [2.45, 2.75) is 234 Å². The zero-order valence-electron chi connectivity index (χ0n) is 36.1. The van der Waals surface area contributed by atoms with Gasteiger partial charge in [-0.1, -0.05) is 157 Å². The van der Waals surface area contributed by atoms with Gasteiger partial charge < -0.3 is 24.2 Å². The highest BCUT2D eigenvalue weighted by Gasteiger charge is 2.17. The van der Waals surface area contributed by atoms with Crippen molar-refractivity contribution >= 4 is 5.97 Å². The normalized spacial score (nSPS) is 13.2. The number of hydrogen-bond donors (Lipinski definition) is 1. The quantitative estimate of drug-likeness (QED) is 0.0380. The first-order valence-corrected chi connectivity index (χ1v) is 22.9. The second kappa shape index (κ2) is 38.5. The Balaban J connectivity index is 4.40. The smallest absolute Gasteiger partial charge is 0.305 e. The van der Waals surface area contributed by atoms with Crippen LogP contribution in [-0.4, -0.2) is 85.4 Å². The summed E-state index contributed by atoms with van der Waals surface area (Å²) in [7, 11) is 0. The molecule has 0 spiro atoms. The Bertz CT molecular complexity index is 725. The predicted molar refractivity (Wildman–Crippen MR) is 223 cm³/mol. The molecule has 0 aromatic carbocycles. The average Bonchev–Trinajstić information content (AvgIpc) is 3.13. The maximum atomic E-state index is 12.5. The number of carbonyl (C=O) groups excluding carboxylic acids is 1. The number of rotatable bonds is 41. The molecule has 0 rings (SSSR count). The van der Waals surface area contributed by atoms with Crippen LogP contribution in [0, 0.1) is 5.92 Å². The lowest BCUT2D eigenvalue weighted by Gasteiger charge is -2.30. The Morgan fingerprint density at radius 3 is 1.60 bits per heavy atom. The highest BCUT2D eigenvalue weighted by atomic mass is 16.8. The van der Waals surface area contributed by atoms with Crippen LogP contribution in [0.2, 0.25) is 0 Å². The van der Waals surface area contributed by atoms with Crippen LogP contribution < -0.4 is 0 Å². The minimum Gasteiger partial charge on any atom is -0.465 e. The standard InChI is InChI=1S/C45H92N2O5/c1-8-13-16-21-25-30-42(31-26-22-17-14-9-2)40-51-44(48)34-29-24-20-19-23-28-33-43(32-27-18-15-10-3)52-45(49)50-39-38-47(41(6)7)37-36-46(12-5)35-11-4/h41-43,45,49H,8-40H2,1-7H3. The number of ether oxygens (including phenoxy) is 3. The van der Waals surface area contributed by atoms with Crippen LogP contribution in [0.3, 0.4) is 0 Å². The maximum absolute atomic E-state index is 12.5. The summed E-state index contributed by atoms with van der Waals surface area (Å²) < 4.78 is 17.6. The van der Waals surface area contributed by atoms with Crippen LogP contribution in [0.1, 0.15) is 215 Å². The number of aliphatic hydroxyl groups is 1. The SMILES string of the molecule is CCCCCCCC(CCCCCCC)COC(=O)CCCCCCCCC(CCCCCC)OC(O)OCCN(CCN(CC)CCC)C(C)C. The molecule has 0 aliphatic carbocycles. The summed E-state index contributed by atoms with van der Waals surface area (Å²) in [4.78, 5) is 17.5. The van der Waals surface area contributed by atoms with Gasteiger partial charge in [0.25, 0.3) is 6.48 Å². The highest BCUT2D eigenvalue weighted by Crippen LogP contribution is 2.21. The van der Waals surface area contributed by atoms with Crippen LogP contribution in [0.4, 0.5) is 0 Å². The summed E-state index contributed by atoms with van der Waals surface area (Å²) in [5, 5.41) is 10.6. The molecule has 0 fully saturated rings. The van der Waals surface area contributed by atoms with Gasteiger partial charge in [0.15, 0.2) is 0 Å². The van der Waals surface area contributed by atoms with E-state index in [1.807, 2.05) is 0 Å². The van der Waals surface area contributed by atoms with Crippen molar-refractivity contribution in [1.29, 1.82) is 0 Å². The van der Waals surface area contributed by atoms with Crippen LogP contribution in [0.5, 0.6) is 0 Å². The third-order valence-electron chi connectivity index (χ3n) is 10.8. The molecule has 7 nitrogen and oxygen atoms in total. The molecule has 0 saturated carbocycles. The van der Waals surface area contributed by atoms with Gasteiger partial charge in [0.2, 0.25) is 0 Å². The molecule has 0 aromatic rings. The summed E-state index contributed by atoms with van der Waals surface area (Å²) in [5.74, 6) is 0.532. The minimum atomic E-state index is -1.16. The first kappa shape index (κ1) is 51.3. The summed E-state index contributed by atoms with van der Waals surface area (Å²) in [5.41, 5.74) is 0. The fourth-order valence-electron chi connectivity index (χ4n) is 7.21. The highest BCUT2D eigenvalue weighted by molar-refractivity contribution is 5.69. The van der Waals surface area contributed by atoms with E-state index in [0.717, 1.165) is 84.1 Å². The molecular weight excluding hydrogens is 649 g/mol. The van der Waals surface area contributed by atoms with E-state index in [0.29, 0.717) is 31.6 Å². The van der Waals surface area contributed by atoms with Gasteiger partial charge in [-0.15, -0.1) is 0 Å². The lowest BCUT2D eigenvalue weighted by molar-refractivity contribution is -0.284. The van der Waals surface area contributed by atoms with Crippen molar-refractivity contribution in [1.82, 2.24) is 9.80 Å². The number of nitrogens with zero attached hydrogens (tertiary/aromatic N) is 2. The lowest BCUT2D eigenvalue weighted by Crippen LogP contribution is -2.41. The third kappa shape index (κ3) is 32.7. The molecule has 0 aliphatic heterocycles. The van der Waals surface area contributed by atoms with Gasteiger partial charge in [0, 0.05) is 32.1 Å². The van der Waals surface area contributed by atoms with Crippen LogP contribution in [-0.2, 0) is 19.0 Å². The van der Waals surface area contributed by atoms with Gasteiger partial charge in [0.1, 0.15) is 0 Å². The van der Waals surface area contributed by atoms with Gasteiger partial charge in [-0.2, -0.15) is 0 Å². The second-order valence-electron chi connectivity index (χ2n) is 16.0. The number of unbranched alkanes of at least 4 members (excludes halogenated alkanes) is 16. The summed E-state index contributed by atoms with van der Waals surface area (Å²) >= 11 is 0. The zero-order valence-corrected chi connectivity index (χ0v) is 36.1. The van der Waals surface area contributed by atoms with Gasteiger partial charge >= 0.3 is 5.97 Å². The van der Waals surface area contributed by atoms with Crippen molar-refractivity contribution in [3.63, 3.8) is 0 Å². The van der Waals surface area contributed by atoms with Crippen molar-refractivity contribution in [3.8, 4) is 0 Å². The van der Waals surface area contributed by atoms with Gasteiger partial charge in [0.05, 0.1) is 19.3 Å². The Kier molecular flexibility index (Phi) is 38.0. The summed E-state index contributed by atoms with van der Waals surface area (Å²) in [6.45, 7) is 20.7. The molecule has 7 heteroatoms. The molecule has 0 amide bonds. The van der Waals surface area contributed by atoms with E-state index < -0.39 is 6.48 Å². The Labute approximate surface area is 325 Å². The average molecular weight is 741 g/mol. The predicted octanol–water partition coefficient (Wildman–Crippen LogP) is 12.1. The maximum Gasteiger partial charge on any atom is 0.305 e. The van der Waals surface area contributed by atoms with Gasteiger partial charge in [-0.25, -0.2) is 0 Å².